The number of ether oxygens (including phenoxy) is 1. The van der Waals surface area contributed by atoms with Gasteiger partial charge in [-0.2, -0.15) is 0 Å². The van der Waals surface area contributed by atoms with Crippen LogP contribution in [0.25, 0.3) is 0 Å². The van der Waals surface area contributed by atoms with E-state index in [0.717, 1.165) is 32.1 Å². The lowest BCUT2D eigenvalue weighted by atomic mass is 10.0. The van der Waals surface area contributed by atoms with Crippen molar-refractivity contribution in [1.82, 2.24) is 0 Å². The molecule has 0 radical (unpaired) electrons. The quantitative estimate of drug-likeness (QED) is 0.375. The second kappa shape index (κ2) is 9.19. The fraction of sp³-hybridized carbons (Fsp3) is 0.833. The van der Waals surface area contributed by atoms with Crippen molar-refractivity contribution < 1.29 is 19.4 Å². The summed E-state index contributed by atoms with van der Waals surface area (Å²) in [6.07, 6.45) is 5.56. The van der Waals surface area contributed by atoms with Gasteiger partial charge in [0.15, 0.2) is 5.92 Å². The molecule has 0 aliphatic carbocycles. The predicted molar refractivity (Wildman–Crippen MR) is 61.1 cm³/mol. The van der Waals surface area contributed by atoms with E-state index < -0.39 is 17.9 Å². The summed E-state index contributed by atoms with van der Waals surface area (Å²) in [5.41, 5.74) is 0. The Morgan fingerprint density at radius 3 is 2.25 bits per heavy atom. The topological polar surface area (TPSA) is 63.6 Å². The zero-order valence-corrected chi connectivity index (χ0v) is 10.2. The molecule has 1 unspecified atom stereocenters. The summed E-state index contributed by atoms with van der Waals surface area (Å²) < 4.78 is 4.72. The average molecular weight is 230 g/mol. The molecule has 0 bridgehead atoms. The number of aliphatic carboxylic acids is 1. The summed E-state index contributed by atoms with van der Waals surface area (Å²) >= 11 is 0. The van der Waals surface area contributed by atoms with E-state index in [4.69, 9.17) is 9.84 Å². The van der Waals surface area contributed by atoms with Crippen LogP contribution in [0, 0.1) is 5.92 Å². The third-order valence-electron chi connectivity index (χ3n) is 2.47. The van der Waals surface area contributed by atoms with Gasteiger partial charge in [0.25, 0.3) is 0 Å². The van der Waals surface area contributed by atoms with Crippen molar-refractivity contribution in [3.05, 3.63) is 0 Å². The number of carbonyl (C=O) groups is 2. The Morgan fingerprint density at radius 1 is 1.12 bits per heavy atom. The van der Waals surface area contributed by atoms with Crippen LogP contribution in [0.15, 0.2) is 0 Å². The SMILES string of the molecule is CCCCCCCC(C(=O)O)C(=O)OCC. The van der Waals surface area contributed by atoms with E-state index in [1.54, 1.807) is 6.92 Å². The molecule has 0 aliphatic rings. The van der Waals surface area contributed by atoms with Crippen molar-refractivity contribution in [3.63, 3.8) is 0 Å². The number of unbranched alkanes of at least 4 members (excludes halogenated alkanes) is 4. The molecule has 94 valence electrons. The lowest BCUT2D eigenvalue weighted by Gasteiger charge is -2.10. The minimum Gasteiger partial charge on any atom is -0.481 e. The van der Waals surface area contributed by atoms with Crippen LogP contribution in [0.2, 0.25) is 0 Å². The van der Waals surface area contributed by atoms with Crippen LogP contribution in [-0.2, 0) is 14.3 Å². The maximum atomic E-state index is 11.3. The summed E-state index contributed by atoms with van der Waals surface area (Å²) in [6.45, 7) is 4.04. The van der Waals surface area contributed by atoms with E-state index in [-0.39, 0.29) is 6.61 Å². The number of esters is 1. The Kier molecular flexibility index (Phi) is 8.58. The van der Waals surface area contributed by atoms with Crippen LogP contribution < -0.4 is 0 Å². The molecule has 0 saturated carbocycles. The minimum absolute atomic E-state index is 0.235. The highest BCUT2D eigenvalue weighted by Crippen LogP contribution is 2.13. The second-order valence-corrected chi connectivity index (χ2v) is 3.85. The molecule has 0 saturated heterocycles. The van der Waals surface area contributed by atoms with Crippen LogP contribution in [0.4, 0.5) is 0 Å². The standard InChI is InChI=1S/C12H22O4/c1-3-5-6-7-8-9-10(11(13)14)12(15)16-4-2/h10H,3-9H2,1-2H3,(H,13,14). The van der Waals surface area contributed by atoms with Gasteiger partial charge in [-0.3, -0.25) is 9.59 Å². The van der Waals surface area contributed by atoms with Crippen LogP contribution in [0.5, 0.6) is 0 Å². The summed E-state index contributed by atoms with van der Waals surface area (Å²) in [5, 5.41) is 8.87. The van der Waals surface area contributed by atoms with Crippen LogP contribution in [0.3, 0.4) is 0 Å². The van der Waals surface area contributed by atoms with Crippen molar-refractivity contribution in [2.45, 2.75) is 52.4 Å². The van der Waals surface area contributed by atoms with Crippen molar-refractivity contribution in [2.24, 2.45) is 5.92 Å². The number of carbonyl (C=O) groups excluding carboxylic acids is 1. The fourth-order valence-electron chi connectivity index (χ4n) is 1.54. The summed E-state index contributed by atoms with van der Waals surface area (Å²) in [4.78, 5) is 22.1. The van der Waals surface area contributed by atoms with Crippen LogP contribution in [0.1, 0.15) is 52.4 Å². The number of hydrogen-bond acceptors (Lipinski definition) is 3. The second-order valence-electron chi connectivity index (χ2n) is 3.85. The molecule has 0 aromatic heterocycles. The minimum atomic E-state index is -1.08. The molecule has 0 fully saturated rings. The summed E-state index contributed by atoms with van der Waals surface area (Å²) in [5.74, 6) is -2.67. The number of hydrogen-bond donors (Lipinski definition) is 1. The molecule has 1 atom stereocenters. The summed E-state index contributed by atoms with van der Waals surface area (Å²) in [7, 11) is 0. The van der Waals surface area contributed by atoms with Crippen LogP contribution in [-0.4, -0.2) is 23.7 Å². The fourth-order valence-corrected chi connectivity index (χ4v) is 1.54. The molecule has 16 heavy (non-hydrogen) atoms. The molecular weight excluding hydrogens is 208 g/mol. The van der Waals surface area contributed by atoms with Gasteiger partial charge < -0.3 is 9.84 Å². The van der Waals surface area contributed by atoms with Gasteiger partial charge >= 0.3 is 11.9 Å². The largest absolute Gasteiger partial charge is 0.481 e. The van der Waals surface area contributed by atoms with Crippen molar-refractivity contribution in [2.75, 3.05) is 6.61 Å². The van der Waals surface area contributed by atoms with Gasteiger partial charge in [-0.25, -0.2) is 0 Å². The van der Waals surface area contributed by atoms with Gasteiger partial charge in [0.05, 0.1) is 6.61 Å². The first kappa shape index (κ1) is 14.9. The third kappa shape index (κ3) is 6.43. The van der Waals surface area contributed by atoms with Crippen molar-refractivity contribution >= 4 is 11.9 Å². The van der Waals surface area contributed by atoms with E-state index in [9.17, 15) is 9.59 Å². The molecule has 0 spiro atoms. The van der Waals surface area contributed by atoms with Gasteiger partial charge in [0.1, 0.15) is 0 Å². The Labute approximate surface area is 97.0 Å². The van der Waals surface area contributed by atoms with E-state index >= 15 is 0 Å². The molecule has 0 aromatic carbocycles. The van der Waals surface area contributed by atoms with Gasteiger partial charge in [-0.05, 0) is 13.3 Å². The molecule has 0 amide bonds. The zero-order valence-electron chi connectivity index (χ0n) is 10.2. The molecule has 0 rings (SSSR count). The predicted octanol–water partition coefficient (Wildman–Crippen LogP) is 2.61. The first-order valence-electron chi connectivity index (χ1n) is 6.02. The highest BCUT2D eigenvalue weighted by Gasteiger charge is 2.26. The molecule has 4 nitrogen and oxygen atoms in total. The zero-order chi connectivity index (χ0) is 12.4. The molecule has 0 aliphatic heterocycles. The molecule has 1 N–H and O–H groups in total. The maximum Gasteiger partial charge on any atom is 0.320 e. The average Bonchev–Trinajstić information content (AvgIpc) is 2.23. The Balaban J connectivity index is 3.86. The van der Waals surface area contributed by atoms with E-state index in [1.807, 2.05) is 0 Å². The van der Waals surface area contributed by atoms with E-state index in [2.05, 4.69) is 6.92 Å². The monoisotopic (exact) mass is 230 g/mol. The Morgan fingerprint density at radius 2 is 1.75 bits per heavy atom. The normalized spacial score (nSPS) is 12.1. The third-order valence-corrected chi connectivity index (χ3v) is 2.47. The van der Waals surface area contributed by atoms with Crippen LogP contribution >= 0.6 is 0 Å². The number of rotatable bonds is 9. The van der Waals surface area contributed by atoms with Gasteiger partial charge in [-0.1, -0.05) is 39.0 Å². The van der Waals surface area contributed by atoms with Gasteiger partial charge in [0, 0.05) is 0 Å². The van der Waals surface area contributed by atoms with E-state index in [1.165, 1.54) is 0 Å². The highest BCUT2D eigenvalue weighted by atomic mass is 16.5. The van der Waals surface area contributed by atoms with Gasteiger partial charge in [0.2, 0.25) is 0 Å². The molecular formula is C12H22O4. The molecule has 4 heteroatoms. The lowest BCUT2D eigenvalue weighted by Crippen LogP contribution is -2.25. The Hall–Kier alpha value is -1.06. The first-order chi connectivity index (χ1) is 7.63. The smallest absolute Gasteiger partial charge is 0.320 e. The summed E-state index contributed by atoms with van der Waals surface area (Å²) in [6, 6.07) is 0. The maximum absolute atomic E-state index is 11.3. The Bertz CT molecular complexity index is 213. The van der Waals surface area contributed by atoms with Gasteiger partial charge in [-0.15, -0.1) is 0 Å². The highest BCUT2D eigenvalue weighted by molar-refractivity contribution is 5.93. The van der Waals surface area contributed by atoms with Crippen molar-refractivity contribution in [3.8, 4) is 0 Å². The molecule has 0 heterocycles. The number of carboxylic acid groups (broad SMARTS) is 1. The van der Waals surface area contributed by atoms with Crippen molar-refractivity contribution in [1.29, 1.82) is 0 Å². The number of carboxylic acids is 1. The molecule has 0 aromatic rings. The lowest BCUT2D eigenvalue weighted by molar-refractivity contribution is -0.158. The first-order valence-corrected chi connectivity index (χ1v) is 6.02. The van der Waals surface area contributed by atoms with E-state index in [0.29, 0.717) is 6.42 Å².